The van der Waals surface area contributed by atoms with Crippen LogP contribution in [0.25, 0.3) is 10.9 Å². The third-order valence-electron chi connectivity index (χ3n) is 7.78. The molecule has 0 radical (unpaired) electrons. The summed E-state index contributed by atoms with van der Waals surface area (Å²) in [6.45, 7) is 0.314. The molecule has 1 amide bonds. The van der Waals surface area contributed by atoms with Crippen molar-refractivity contribution >= 4 is 22.6 Å². The van der Waals surface area contributed by atoms with Gasteiger partial charge in [-0.25, -0.2) is 14.4 Å². The van der Waals surface area contributed by atoms with Gasteiger partial charge in [-0.1, -0.05) is 12.1 Å². The maximum absolute atomic E-state index is 13.3. The number of carbonyl (C=O) groups is 1. The average molecular weight is 515 g/mol. The Bertz CT molecular complexity index is 1300. The van der Waals surface area contributed by atoms with Gasteiger partial charge in [-0.3, -0.25) is 4.79 Å². The number of aromatic nitrogens is 2. The van der Waals surface area contributed by atoms with Crippen molar-refractivity contribution in [1.29, 1.82) is 0 Å². The zero-order valence-corrected chi connectivity index (χ0v) is 20.9. The molecule has 0 spiro atoms. The number of hydrogen-bond acceptors (Lipinski definition) is 4. The molecule has 1 aromatic heterocycles. The lowest BCUT2D eigenvalue weighted by Crippen LogP contribution is -2.32. The molecule has 3 aromatic rings. The number of para-hydroxylation sites is 1. The van der Waals surface area contributed by atoms with Crippen molar-refractivity contribution in [3.05, 3.63) is 65.2 Å². The second-order valence-electron chi connectivity index (χ2n) is 10.5. The Morgan fingerprint density at radius 2 is 1.78 bits per heavy atom. The average Bonchev–Trinajstić information content (AvgIpc) is 3.67. The van der Waals surface area contributed by atoms with Crippen LogP contribution in [0.3, 0.4) is 0 Å². The first kappa shape index (κ1) is 25.4. The van der Waals surface area contributed by atoms with Gasteiger partial charge in [0.2, 0.25) is 0 Å². The van der Waals surface area contributed by atoms with Crippen molar-refractivity contribution in [3.63, 3.8) is 0 Å². The van der Waals surface area contributed by atoms with Crippen LogP contribution in [0.15, 0.2) is 42.5 Å². The van der Waals surface area contributed by atoms with Gasteiger partial charge in [0.1, 0.15) is 17.5 Å². The first-order valence-corrected chi connectivity index (χ1v) is 12.7. The van der Waals surface area contributed by atoms with Gasteiger partial charge in [0.25, 0.3) is 5.91 Å². The summed E-state index contributed by atoms with van der Waals surface area (Å²) < 4.78 is 53.1. The van der Waals surface area contributed by atoms with Crippen LogP contribution in [0.1, 0.15) is 59.8 Å². The van der Waals surface area contributed by atoms with Gasteiger partial charge in [0.05, 0.1) is 16.6 Å². The molecular formula is C28H30F4N4O. The van der Waals surface area contributed by atoms with E-state index in [2.05, 4.69) is 5.32 Å². The molecule has 2 saturated carbocycles. The van der Waals surface area contributed by atoms with Gasteiger partial charge >= 0.3 is 6.18 Å². The van der Waals surface area contributed by atoms with Gasteiger partial charge in [-0.15, -0.1) is 0 Å². The number of benzene rings is 2. The fourth-order valence-electron chi connectivity index (χ4n) is 5.72. The minimum Gasteiger partial charge on any atom is -0.362 e. The molecular weight excluding hydrogens is 484 g/mol. The van der Waals surface area contributed by atoms with Crippen molar-refractivity contribution in [2.24, 2.45) is 17.8 Å². The van der Waals surface area contributed by atoms with E-state index in [9.17, 15) is 22.4 Å². The highest BCUT2D eigenvalue weighted by molar-refractivity contribution is 5.95. The van der Waals surface area contributed by atoms with Crippen LogP contribution < -0.4 is 10.2 Å². The van der Waals surface area contributed by atoms with Crippen LogP contribution in [0.2, 0.25) is 0 Å². The van der Waals surface area contributed by atoms with Crippen molar-refractivity contribution in [1.82, 2.24) is 15.3 Å². The van der Waals surface area contributed by atoms with Crippen LogP contribution in [0.5, 0.6) is 0 Å². The molecule has 1 heterocycles. The van der Waals surface area contributed by atoms with E-state index in [0.29, 0.717) is 30.4 Å². The second kappa shape index (κ2) is 9.91. The fraction of sp³-hybridized carbons (Fsp3) is 0.464. The predicted octanol–water partition coefficient (Wildman–Crippen LogP) is 6.19. The Morgan fingerprint density at radius 3 is 2.49 bits per heavy atom. The molecule has 2 aliphatic carbocycles. The molecule has 2 fully saturated rings. The summed E-state index contributed by atoms with van der Waals surface area (Å²) >= 11 is 0. The maximum Gasteiger partial charge on any atom is 0.417 e. The van der Waals surface area contributed by atoms with Crippen molar-refractivity contribution < 1.29 is 22.4 Å². The molecule has 1 N–H and O–H groups in total. The highest BCUT2D eigenvalue weighted by Crippen LogP contribution is 2.55. The summed E-state index contributed by atoms with van der Waals surface area (Å²) in [5, 5.41) is 3.68. The number of nitrogens with zero attached hydrogens (tertiary/aromatic N) is 3. The first-order valence-electron chi connectivity index (χ1n) is 12.7. The van der Waals surface area contributed by atoms with E-state index >= 15 is 0 Å². The predicted molar refractivity (Wildman–Crippen MR) is 134 cm³/mol. The molecule has 2 aliphatic rings. The number of halogens is 4. The van der Waals surface area contributed by atoms with Crippen LogP contribution in [-0.4, -0.2) is 36.5 Å². The Balaban J connectivity index is 1.16. The highest BCUT2D eigenvalue weighted by atomic mass is 19.4. The van der Waals surface area contributed by atoms with Crippen LogP contribution >= 0.6 is 0 Å². The van der Waals surface area contributed by atoms with Crippen LogP contribution in [0, 0.1) is 23.6 Å². The fourth-order valence-corrected chi connectivity index (χ4v) is 5.72. The normalized spacial score (nSPS) is 23.6. The molecule has 0 aliphatic heterocycles. The third kappa shape index (κ3) is 5.40. The van der Waals surface area contributed by atoms with E-state index in [-0.39, 0.29) is 5.92 Å². The summed E-state index contributed by atoms with van der Waals surface area (Å²) in [5.41, 5.74) is -0.839. The Labute approximate surface area is 213 Å². The van der Waals surface area contributed by atoms with Gasteiger partial charge in [-0.05, 0) is 80.2 Å². The minimum absolute atomic E-state index is 0.212. The van der Waals surface area contributed by atoms with Gasteiger partial charge in [0, 0.05) is 31.9 Å². The largest absolute Gasteiger partial charge is 0.417 e. The lowest BCUT2D eigenvalue weighted by molar-refractivity contribution is -0.138. The lowest BCUT2D eigenvalue weighted by atomic mass is 9.79. The molecule has 0 bridgehead atoms. The van der Waals surface area contributed by atoms with E-state index in [1.54, 1.807) is 0 Å². The molecule has 37 heavy (non-hydrogen) atoms. The van der Waals surface area contributed by atoms with E-state index in [0.717, 1.165) is 66.8 Å². The van der Waals surface area contributed by atoms with E-state index in [4.69, 9.17) is 9.97 Å². The van der Waals surface area contributed by atoms with Crippen LogP contribution in [-0.2, 0) is 6.18 Å². The van der Waals surface area contributed by atoms with E-state index in [1.807, 2.05) is 43.3 Å². The Hall–Kier alpha value is -3.23. The highest BCUT2D eigenvalue weighted by Gasteiger charge is 2.46. The zero-order valence-electron chi connectivity index (χ0n) is 20.9. The molecule has 9 heteroatoms. The molecule has 196 valence electrons. The second-order valence-corrected chi connectivity index (χ2v) is 10.5. The molecule has 5 rings (SSSR count). The number of fused-ring (bicyclic) bond motifs is 1. The summed E-state index contributed by atoms with van der Waals surface area (Å²) in [5.74, 6) is 1.66. The minimum atomic E-state index is -4.80. The number of nitrogens with one attached hydrogen (secondary N) is 1. The first-order chi connectivity index (χ1) is 17.6. The molecule has 2 atom stereocenters. The molecule has 0 saturated heterocycles. The smallest absolute Gasteiger partial charge is 0.362 e. The number of alkyl halides is 3. The standard InChI is InChI=1S/C28H30F4N4O/c1-36(2)26-20-5-3-4-6-24(20)34-25(35-26)22-14-21(22)17-9-7-16(8-10-17)15-33-27(37)19-12-11-18(29)13-23(19)28(30,31)32/h3-6,11-13,16-17,21-22H,7-10,14-15H2,1-2H3,(H,33,37). The van der Waals surface area contributed by atoms with E-state index in [1.165, 1.54) is 0 Å². The monoisotopic (exact) mass is 514 g/mol. The van der Waals surface area contributed by atoms with Crippen molar-refractivity contribution in [3.8, 4) is 0 Å². The van der Waals surface area contributed by atoms with Gasteiger partial charge in [0.15, 0.2) is 0 Å². The maximum atomic E-state index is 13.3. The number of amides is 1. The Morgan fingerprint density at radius 1 is 1.05 bits per heavy atom. The van der Waals surface area contributed by atoms with Crippen LogP contribution in [0.4, 0.5) is 23.4 Å². The van der Waals surface area contributed by atoms with Crippen molar-refractivity contribution in [2.45, 2.75) is 44.2 Å². The number of hydrogen-bond donors (Lipinski definition) is 1. The van der Waals surface area contributed by atoms with Gasteiger partial charge in [-0.2, -0.15) is 13.2 Å². The summed E-state index contributed by atoms with van der Waals surface area (Å²) in [4.78, 5) is 24.2. The topological polar surface area (TPSA) is 58.1 Å². The Kier molecular flexibility index (Phi) is 6.81. The molecule has 2 aromatic carbocycles. The lowest BCUT2D eigenvalue weighted by Gasteiger charge is -2.29. The molecule has 5 nitrogen and oxygen atoms in total. The van der Waals surface area contributed by atoms with Crippen molar-refractivity contribution in [2.75, 3.05) is 25.5 Å². The number of carbonyl (C=O) groups excluding carboxylic acids is 1. The number of rotatable bonds is 6. The quantitative estimate of drug-likeness (QED) is 0.399. The summed E-state index contributed by atoms with van der Waals surface area (Å²) in [6.07, 6.45) is 0.120. The molecule has 2 unspecified atom stereocenters. The van der Waals surface area contributed by atoms with E-state index < -0.39 is 29.0 Å². The summed E-state index contributed by atoms with van der Waals surface area (Å²) in [7, 11) is 3.98. The van der Waals surface area contributed by atoms with Gasteiger partial charge < -0.3 is 10.2 Å². The SMILES string of the molecule is CN(C)c1nc(C2CC2C2CCC(CNC(=O)c3ccc(F)cc3C(F)(F)F)CC2)nc2ccccc12. The number of anilines is 1. The zero-order chi connectivity index (χ0) is 26.3. The third-order valence-corrected chi connectivity index (χ3v) is 7.78. The summed E-state index contributed by atoms with van der Waals surface area (Å²) in [6, 6.07) is 10.2.